The summed E-state index contributed by atoms with van der Waals surface area (Å²) in [6.45, 7) is 2.62. The lowest BCUT2D eigenvalue weighted by Crippen LogP contribution is -2.02. The van der Waals surface area contributed by atoms with Crippen LogP contribution in [0.25, 0.3) is 0 Å². The van der Waals surface area contributed by atoms with Crippen molar-refractivity contribution in [3.8, 4) is 0 Å². The van der Waals surface area contributed by atoms with Gasteiger partial charge in [-0.2, -0.15) is 0 Å². The molecular weight excluding hydrogens is 138 g/mol. The van der Waals surface area contributed by atoms with Gasteiger partial charge in [0.25, 0.3) is 0 Å². The number of rotatable bonds is 3. The lowest BCUT2D eigenvalue weighted by atomic mass is 10.2. The molecule has 0 radical (unpaired) electrons. The van der Waals surface area contributed by atoms with Gasteiger partial charge in [-0.15, -0.1) is 0 Å². The minimum atomic E-state index is 0.725. The summed E-state index contributed by atoms with van der Waals surface area (Å²) >= 11 is 0. The number of hydrogen-bond donors (Lipinski definition) is 1. The second-order valence-electron chi connectivity index (χ2n) is 2.49. The fraction of sp³-hybridized carbons (Fsp3) is 0.500. The van der Waals surface area contributed by atoms with Gasteiger partial charge in [-0.1, -0.05) is 0 Å². The molecular formula is C8H13N3. The minimum Gasteiger partial charge on any atom is -0.330 e. The van der Waals surface area contributed by atoms with E-state index < -0.39 is 0 Å². The van der Waals surface area contributed by atoms with Gasteiger partial charge < -0.3 is 5.73 Å². The zero-order valence-electron chi connectivity index (χ0n) is 6.75. The molecule has 0 aliphatic carbocycles. The SMILES string of the molecule is Cc1nccc(CCCN)n1. The smallest absolute Gasteiger partial charge is 0.125 e. The van der Waals surface area contributed by atoms with Crippen molar-refractivity contribution in [3.63, 3.8) is 0 Å². The maximum atomic E-state index is 5.37. The number of hydrogen-bond acceptors (Lipinski definition) is 3. The van der Waals surface area contributed by atoms with Crippen molar-refractivity contribution in [1.29, 1.82) is 0 Å². The van der Waals surface area contributed by atoms with Crippen molar-refractivity contribution in [3.05, 3.63) is 23.8 Å². The molecule has 1 aromatic rings. The van der Waals surface area contributed by atoms with Gasteiger partial charge in [0.1, 0.15) is 5.82 Å². The molecule has 0 aromatic carbocycles. The average molecular weight is 151 g/mol. The highest BCUT2D eigenvalue weighted by Crippen LogP contribution is 1.97. The zero-order chi connectivity index (χ0) is 8.10. The lowest BCUT2D eigenvalue weighted by molar-refractivity contribution is 0.798. The molecule has 1 rings (SSSR count). The zero-order valence-corrected chi connectivity index (χ0v) is 6.75. The Morgan fingerprint density at radius 2 is 2.36 bits per heavy atom. The molecule has 0 saturated heterocycles. The normalized spacial score (nSPS) is 10.0. The van der Waals surface area contributed by atoms with Crippen molar-refractivity contribution in [1.82, 2.24) is 9.97 Å². The van der Waals surface area contributed by atoms with Gasteiger partial charge in [-0.3, -0.25) is 0 Å². The van der Waals surface area contributed by atoms with E-state index in [1.165, 1.54) is 0 Å². The summed E-state index contributed by atoms with van der Waals surface area (Å²) in [5, 5.41) is 0. The number of aromatic nitrogens is 2. The maximum Gasteiger partial charge on any atom is 0.125 e. The van der Waals surface area contributed by atoms with Crippen LogP contribution in [0.4, 0.5) is 0 Å². The average Bonchev–Trinajstić information content (AvgIpc) is 2.01. The summed E-state index contributed by atoms with van der Waals surface area (Å²) in [5.74, 6) is 0.833. The van der Waals surface area contributed by atoms with Crippen LogP contribution in [0.15, 0.2) is 12.3 Å². The summed E-state index contributed by atoms with van der Waals surface area (Å²) in [6.07, 6.45) is 3.74. The maximum absolute atomic E-state index is 5.37. The molecule has 0 bridgehead atoms. The Morgan fingerprint density at radius 3 is 3.00 bits per heavy atom. The van der Waals surface area contributed by atoms with Gasteiger partial charge in [-0.05, 0) is 32.4 Å². The molecule has 3 nitrogen and oxygen atoms in total. The first-order valence-corrected chi connectivity index (χ1v) is 3.81. The first-order chi connectivity index (χ1) is 5.33. The molecule has 11 heavy (non-hydrogen) atoms. The molecule has 0 atom stereocenters. The highest BCUT2D eigenvalue weighted by Gasteiger charge is 1.93. The van der Waals surface area contributed by atoms with E-state index in [4.69, 9.17) is 5.73 Å². The monoisotopic (exact) mass is 151 g/mol. The third-order valence-corrected chi connectivity index (χ3v) is 1.47. The molecule has 2 N–H and O–H groups in total. The minimum absolute atomic E-state index is 0.725. The van der Waals surface area contributed by atoms with Gasteiger partial charge in [0.05, 0.1) is 0 Å². The van der Waals surface area contributed by atoms with Crippen LogP contribution < -0.4 is 5.73 Å². The Morgan fingerprint density at radius 1 is 1.55 bits per heavy atom. The summed E-state index contributed by atoms with van der Waals surface area (Å²) < 4.78 is 0. The molecule has 0 aliphatic rings. The van der Waals surface area contributed by atoms with E-state index in [-0.39, 0.29) is 0 Å². The van der Waals surface area contributed by atoms with Gasteiger partial charge in [0.2, 0.25) is 0 Å². The van der Waals surface area contributed by atoms with Gasteiger partial charge >= 0.3 is 0 Å². The number of aryl methyl sites for hydroxylation is 2. The van der Waals surface area contributed by atoms with Crippen LogP contribution in [0, 0.1) is 6.92 Å². The first-order valence-electron chi connectivity index (χ1n) is 3.81. The van der Waals surface area contributed by atoms with Gasteiger partial charge in [-0.25, -0.2) is 9.97 Å². The van der Waals surface area contributed by atoms with E-state index in [9.17, 15) is 0 Å². The molecule has 0 fully saturated rings. The Balaban J connectivity index is 2.56. The largest absolute Gasteiger partial charge is 0.330 e. The van der Waals surface area contributed by atoms with Crippen molar-refractivity contribution in [2.24, 2.45) is 5.73 Å². The summed E-state index contributed by atoms with van der Waals surface area (Å²) in [5.41, 5.74) is 6.46. The van der Waals surface area contributed by atoms with Crippen LogP contribution in [0.1, 0.15) is 17.9 Å². The molecule has 0 unspecified atom stereocenters. The summed E-state index contributed by atoms with van der Waals surface area (Å²) in [7, 11) is 0. The van der Waals surface area contributed by atoms with Crippen LogP contribution in [0.5, 0.6) is 0 Å². The van der Waals surface area contributed by atoms with E-state index in [0.717, 1.165) is 30.9 Å². The quantitative estimate of drug-likeness (QED) is 0.691. The van der Waals surface area contributed by atoms with E-state index in [0.29, 0.717) is 0 Å². The van der Waals surface area contributed by atoms with Crippen molar-refractivity contribution >= 4 is 0 Å². The first kappa shape index (κ1) is 8.14. The van der Waals surface area contributed by atoms with E-state index in [2.05, 4.69) is 9.97 Å². The highest BCUT2D eigenvalue weighted by atomic mass is 14.9. The third kappa shape index (κ3) is 2.63. The Hall–Kier alpha value is -0.960. The summed E-state index contributed by atoms with van der Waals surface area (Å²) in [6, 6.07) is 1.93. The van der Waals surface area contributed by atoms with Gasteiger partial charge in [0.15, 0.2) is 0 Å². The van der Waals surface area contributed by atoms with E-state index >= 15 is 0 Å². The molecule has 0 aliphatic heterocycles. The van der Waals surface area contributed by atoms with Crippen LogP contribution in [0.3, 0.4) is 0 Å². The highest BCUT2D eigenvalue weighted by molar-refractivity contribution is 5.01. The molecule has 0 amide bonds. The number of nitrogens with two attached hydrogens (primary N) is 1. The van der Waals surface area contributed by atoms with Crippen molar-refractivity contribution in [2.75, 3.05) is 6.54 Å². The molecule has 0 spiro atoms. The second kappa shape index (κ2) is 4.03. The predicted molar refractivity (Wildman–Crippen MR) is 44.1 cm³/mol. The van der Waals surface area contributed by atoms with Crippen molar-refractivity contribution < 1.29 is 0 Å². The molecule has 1 aromatic heterocycles. The summed E-state index contributed by atoms with van der Waals surface area (Å²) in [4.78, 5) is 8.25. The van der Waals surface area contributed by atoms with Crippen LogP contribution in [-0.2, 0) is 6.42 Å². The fourth-order valence-electron chi connectivity index (χ4n) is 0.928. The van der Waals surface area contributed by atoms with Crippen LogP contribution >= 0.6 is 0 Å². The standard InChI is InChI=1S/C8H13N3/c1-7-10-6-4-8(11-7)3-2-5-9/h4,6H,2-3,5,9H2,1H3. The molecule has 3 heteroatoms. The van der Waals surface area contributed by atoms with E-state index in [1.54, 1.807) is 6.20 Å². The molecule has 60 valence electrons. The van der Waals surface area contributed by atoms with Crippen molar-refractivity contribution in [2.45, 2.75) is 19.8 Å². The topological polar surface area (TPSA) is 51.8 Å². The third-order valence-electron chi connectivity index (χ3n) is 1.47. The lowest BCUT2D eigenvalue weighted by Gasteiger charge is -1.98. The Labute approximate surface area is 66.7 Å². The number of nitrogens with zero attached hydrogens (tertiary/aromatic N) is 2. The van der Waals surface area contributed by atoms with E-state index in [1.807, 2.05) is 13.0 Å². The fourth-order valence-corrected chi connectivity index (χ4v) is 0.928. The van der Waals surface area contributed by atoms with Crippen LogP contribution in [-0.4, -0.2) is 16.5 Å². The predicted octanol–water partition coefficient (Wildman–Crippen LogP) is 0.676. The molecule has 0 saturated carbocycles. The molecule has 1 heterocycles. The Kier molecular flexibility index (Phi) is 2.98. The second-order valence-corrected chi connectivity index (χ2v) is 2.49. The van der Waals surface area contributed by atoms with Crippen LogP contribution in [0.2, 0.25) is 0 Å². The Bertz CT molecular complexity index is 222. The van der Waals surface area contributed by atoms with Gasteiger partial charge in [0, 0.05) is 11.9 Å².